The number of carbonyl (C=O) groups excluding carboxylic acids is 2. The van der Waals surface area contributed by atoms with Crippen LogP contribution in [-0.2, 0) is 14.8 Å². The molecule has 1 spiro atoms. The van der Waals surface area contributed by atoms with Crippen molar-refractivity contribution in [3.8, 4) is 0 Å². The summed E-state index contributed by atoms with van der Waals surface area (Å²) in [5.41, 5.74) is -1.18. The normalized spacial score (nSPS) is 26.1. The van der Waals surface area contributed by atoms with Gasteiger partial charge in [-0.25, -0.2) is 13.2 Å². The maximum Gasteiger partial charge on any atom is 0.322 e. The molecule has 0 bridgehead atoms. The summed E-state index contributed by atoms with van der Waals surface area (Å²) in [7, 11) is -3.80. The van der Waals surface area contributed by atoms with Crippen molar-refractivity contribution < 1.29 is 18.0 Å². The first-order valence-corrected chi connectivity index (χ1v) is 8.05. The summed E-state index contributed by atoms with van der Waals surface area (Å²) in [6.45, 7) is 0.0411. The van der Waals surface area contributed by atoms with Crippen LogP contribution in [-0.4, -0.2) is 43.3 Å². The maximum absolute atomic E-state index is 12.6. The highest BCUT2D eigenvalue weighted by molar-refractivity contribution is 7.89. The molecule has 1 atom stereocenters. The quantitative estimate of drug-likeness (QED) is 0.763. The molecular formula is C12H12ClN3O4S. The second-order valence-electron chi connectivity index (χ2n) is 5.01. The van der Waals surface area contributed by atoms with Crippen LogP contribution in [0.25, 0.3) is 0 Å². The average Bonchev–Trinajstić information content (AvgIpc) is 2.95. The Balaban J connectivity index is 1.92. The molecule has 21 heavy (non-hydrogen) atoms. The van der Waals surface area contributed by atoms with Gasteiger partial charge in [-0.05, 0) is 18.6 Å². The molecule has 0 aliphatic carbocycles. The fraction of sp³-hybridized carbons (Fsp3) is 0.333. The number of benzene rings is 1. The number of carbonyl (C=O) groups is 2. The monoisotopic (exact) mass is 329 g/mol. The van der Waals surface area contributed by atoms with Gasteiger partial charge in [-0.1, -0.05) is 23.7 Å². The lowest BCUT2D eigenvalue weighted by molar-refractivity contribution is -0.123. The Labute approximate surface area is 126 Å². The Kier molecular flexibility index (Phi) is 3.19. The van der Waals surface area contributed by atoms with Crippen molar-refractivity contribution in [2.75, 3.05) is 13.1 Å². The lowest BCUT2D eigenvalue weighted by atomic mass is 10.00. The maximum atomic E-state index is 12.6. The molecule has 7 nitrogen and oxygen atoms in total. The molecule has 0 saturated carbocycles. The highest BCUT2D eigenvalue weighted by Gasteiger charge is 2.53. The predicted octanol–water partition coefficient (Wildman–Crippen LogP) is 0.313. The molecule has 2 aliphatic heterocycles. The third-order valence-electron chi connectivity index (χ3n) is 3.70. The number of nitrogens with zero attached hydrogens (tertiary/aromatic N) is 1. The molecule has 2 fully saturated rings. The van der Waals surface area contributed by atoms with Crippen LogP contribution in [0.1, 0.15) is 6.42 Å². The van der Waals surface area contributed by atoms with E-state index in [0.29, 0.717) is 0 Å². The SMILES string of the molecule is O=C1NC(=O)C2(CCN(S(=O)(=O)c3ccccc3Cl)C2)N1. The van der Waals surface area contributed by atoms with Crippen LogP contribution in [0.3, 0.4) is 0 Å². The number of imide groups is 1. The van der Waals surface area contributed by atoms with Gasteiger partial charge in [-0.15, -0.1) is 0 Å². The molecule has 0 aromatic heterocycles. The molecule has 3 amide bonds. The van der Waals surface area contributed by atoms with E-state index in [1.807, 2.05) is 0 Å². The van der Waals surface area contributed by atoms with Gasteiger partial charge < -0.3 is 5.32 Å². The fourth-order valence-corrected chi connectivity index (χ4v) is 4.58. The van der Waals surface area contributed by atoms with Crippen molar-refractivity contribution in [2.24, 2.45) is 0 Å². The molecule has 2 aliphatic rings. The molecule has 1 unspecified atom stereocenters. The van der Waals surface area contributed by atoms with Crippen LogP contribution in [0.15, 0.2) is 29.2 Å². The zero-order chi connectivity index (χ0) is 15.3. The van der Waals surface area contributed by atoms with Gasteiger partial charge in [0.1, 0.15) is 10.4 Å². The van der Waals surface area contributed by atoms with Crippen molar-refractivity contribution in [1.29, 1.82) is 0 Å². The smallest absolute Gasteiger partial charge is 0.322 e. The van der Waals surface area contributed by atoms with Crippen LogP contribution in [0.4, 0.5) is 4.79 Å². The van der Waals surface area contributed by atoms with Crippen molar-refractivity contribution in [3.63, 3.8) is 0 Å². The number of hydrogen-bond acceptors (Lipinski definition) is 4. The molecule has 2 N–H and O–H groups in total. The summed E-state index contributed by atoms with van der Waals surface area (Å²) < 4.78 is 26.3. The summed E-state index contributed by atoms with van der Waals surface area (Å²) in [6.07, 6.45) is 0.230. The van der Waals surface area contributed by atoms with Gasteiger partial charge in [0, 0.05) is 13.1 Å². The van der Waals surface area contributed by atoms with Gasteiger partial charge in [-0.3, -0.25) is 10.1 Å². The second kappa shape index (κ2) is 4.69. The highest BCUT2D eigenvalue weighted by atomic mass is 35.5. The van der Waals surface area contributed by atoms with Crippen LogP contribution in [0, 0.1) is 0 Å². The summed E-state index contributed by atoms with van der Waals surface area (Å²) in [6, 6.07) is 5.52. The molecule has 9 heteroatoms. The van der Waals surface area contributed by atoms with Crippen molar-refractivity contribution >= 4 is 33.6 Å². The van der Waals surface area contributed by atoms with Gasteiger partial charge in [0.2, 0.25) is 10.0 Å². The number of nitrogens with one attached hydrogen (secondary N) is 2. The summed E-state index contributed by atoms with van der Waals surface area (Å²) >= 11 is 5.94. The fourth-order valence-electron chi connectivity index (χ4n) is 2.59. The first-order valence-electron chi connectivity index (χ1n) is 6.23. The van der Waals surface area contributed by atoms with E-state index in [2.05, 4.69) is 10.6 Å². The summed E-state index contributed by atoms with van der Waals surface area (Å²) in [5.74, 6) is -0.496. The van der Waals surface area contributed by atoms with E-state index >= 15 is 0 Å². The number of halogens is 1. The van der Waals surface area contributed by atoms with Crippen LogP contribution >= 0.6 is 11.6 Å². The molecule has 1 aromatic rings. The average molecular weight is 330 g/mol. The van der Waals surface area contributed by atoms with E-state index in [9.17, 15) is 18.0 Å². The minimum absolute atomic E-state index is 0.00607. The van der Waals surface area contributed by atoms with Crippen LogP contribution < -0.4 is 10.6 Å². The van der Waals surface area contributed by atoms with E-state index < -0.39 is 27.5 Å². The molecule has 1 aromatic carbocycles. The third kappa shape index (κ3) is 2.19. The molecule has 0 radical (unpaired) electrons. The highest BCUT2D eigenvalue weighted by Crippen LogP contribution is 2.31. The number of urea groups is 1. The summed E-state index contributed by atoms with van der Waals surface area (Å²) in [5, 5.41) is 4.77. The van der Waals surface area contributed by atoms with Gasteiger partial charge in [-0.2, -0.15) is 4.31 Å². The van der Waals surface area contributed by atoms with Crippen LogP contribution in [0.5, 0.6) is 0 Å². The number of hydrogen-bond donors (Lipinski definition) is 2. The first kappa shape index (κ1) is 14.3. The van der Waals surface area contributed by atoms with Gasteiger partial charge in [0.05, 0.1) is 5.02 Å². The second-order valence-corrected chi connectivity index (χ2v) is 7.32. The predicted molar refractivity (Wildman–Crippen MR) is 74.2 cm³/mol. The largest absolute Gasteiger partial charge is 0.322 e. The Morgan fingerprint density at radius 1 is 1.24 bits per heavy atom. The van der Waals surface area contributed by atoms with Crippen LogP contribution in [0.2, 0.25) is 5.02 Å². The minimum atomic E-state index is -3.80. The van der Waals surface area contributed by atoms with Crippen molar-refractivity contribution in [1.82, 2.24) is 14.9 Å². The molecule has 2 heterocycles. The Morgan fingerprint density at radius 2 is 1.95 bits per heavy atom. The first-order chi connectivity index (χ1) is 9.85. The molecule has 2 saturated heterocycles. The Bertz CT molecular complexity index is 736. The Hall–Kier alpha value is -1.64. The van der Waals surface area contributed by atoms with Gasteiger partial charge in [0.25, 0.3) is 5.91 Å². The third-order valence-corrected chi connectivity index (χ3v) is 6.05. The number of sulfonamides is 1. The van der Waals surface area contributed by atoms with E-state index in [1.165, 1.54) is 16.4 Å². The zero-order valence-corrected chi connectivity index (χ0v) is 12.4. The molecule has 112 valence electrons. The standard InChI is InChI=1S/C12H12ClN3O4S/c13-8-3-1-2-4-9(8)21(19,20)16-6-5-12(7-16)10(17)14-11(18)15-12/h1-4H,5-7H2,(H2,14,15,17,18). The van der Waals surface area contributed by atoms with E-state index in [-0.39, 0.29) is 29.4 Å². The number of rotatable bonds is 2. The number of amides is 3. The van der Waals surface area contributed by atoms with E-state index in [0.717, 1.165) is 0 Å². The van der Waals surface area contributed by atoms with Gasteiger partial charge >= 0.3 is 6.03 Å². The minimum Gasteiger partial charge on any atom is -0.322 e. The Morgan fingerprint density at radius 3 is 2.57 bits per heavy atom. The van der Waals surface area contributed by atoms with E-state index in [1.54, 1.807) is 12.1 Å². The molecular weight excluding hydrogens is 318 g/mol. The summed E-state index contributed by atoms with van der Waals surface area (Å²) in [4.78, 5) is 23.1. The van der Waals surface area contributed by atoms with Gasteiger partial charge in [0.15, 0.2) is 0 Å². The lowest BCUT2D eigenvalue weighted by Gasteiger charge is -2.21. The van der Waals surface area contributed by atoms with Crippen molar-refractivity contribution in [3.05, 3.63) is 29.3 Å². The molecule has 3 rings (SSSR count). The topological polar surface area (TPSA) is 95.6 Å². The zero-order valence-electron chi connectivity index (χ0n) is 10.8. The lowest BCUT2D eigenvalue weighted by Crippen LogP contribution is -2.49. The van der Waals surface area contributed by atoms with Crippen molar-refractivity contribution in [2.45, 2.75) is 16.9 Å². The van der Waals surface area contributed by atoms with E-state index in [4.69, 9.17) is 11.6 Å².